The fourth-order valence-corrected chi connectivity index (χ4v) is 6.15. The van der Waals surface area contributed by atoms with E-state index in [4.69, 9.17) is 0 Å². The van der Waals surface area contributed by atoms with E-state index in [1.807, 2.05) is 53.8 Å². The lowest BCUT2D eigenvalue weighted by Gasteiger charge is -2.31. The van der Waals surface area contributed by atoms with Gasteiger partial charge in [-0.1, -0.05) is 24.3 Å². The highest BCUT2D eigenvalue weighted by Gasteiger charge is 2.30. The van der Waals surface area contributed by atoms with Crippen molar-refractivity contribution in [2.75, 3.05) is 25.0 Å². The molecule has 2 N–H and O–H groups in total. The lowest BCUT2D eigenvalue weighted by atomic mass is 9.91. The zero-order chi connectivity index (χ0) is 30.4. The maximum absolute atomic E-state index is 14.3. The molecule has 0 radical (unpaired) electrons. The average Bonchev–Trinajstić information content (AvgIpc) is 3.32. The van der Waals surface area contributed by atoms with Crippen LogP contribution in [0.3, 0.4) is 0 Å². The average molecular weight is 579 g/mol. The summed E-state index contributed by atoms with van der Waals surface area (Å²) >= 11 is 0. The molecule has 220 valence electrons. The molecular formula is C34H34N4O5. The highest BCUT2D eigenvalue weighted by Crippen LogP contribution is 2.35. The summed E-state index contributed by atoms with van der Waals surface area (Å²) in [6.45, 7) is 3.57. The van der Waals surface area contributed by atoms with Gasteiger partial charge < -0.3 is 29.5 Å². The molecule has 0 bridgehead atoms. The minimum atomic E-state index is -0.978. The summed E-state index contributed by atoms with van der Waals surface area (Å²) in [5.41, 5.74) is 8.06. The Bertz CT molecular complexity index is 1760. The Morgan fingerprint density at radius 1 is 0.791 bits per heavy atom. The first-order valence-electron chi connectivity index (χ1n) is 14.4. The Labute approximate surface area is 250 Å². The van der Waals surface area contributed by atoms with Crippen molar-refractivity contribution in [2.24, 2.45) is 7.05 Å². The molecule has 0 aliphatic carbocycles. The van der Waals surface area contributed by atoms with Crippen molar-refractivity contribution < 1.29 is 24.6 Å². The Kier molecular flexibility index (Phi) is 7.17. The molecule has 3 aromatic carbocycles. The maximum Gasteiger partial charge on any atom is 0.407 e. The van der Waals surface area contributed by atoms with Crippen molar-refractivity contribution in [3.05, 3.63) is 106 Å². The topological polar surface area (TPSA) is 106 Å². The van der Waals surface area contributed by atoms with Gasteiger partial charge in [0.2, 0.25) is 0 Å². The van der Waals surface area contributed by atoms with Gasteiger partial charge in [-0.3, -0.25) is 9.59 Å². The molecule has 3 amide bonds. The molecule has 0 unspecified atom stereocenters. The summed E-state index contributed by atoms with van der Waals surface area (Å²) in [7, 11) is 3.58. The summed E-state index contributed by atoms with van der Waals surface area (Å²) in [4.78, 5) is 44.5. The van der Waals surface area contributed by atoms with Gasteiger partial charge in [0.1, 0.15) is 5.75 Å². The van der Waals surface area contributed by atoms with Gasteiger partial charge in [-0.15, -0.1) is 0 Å². The number of hydrogen-bond donors (Lipinski definition) is 2. The zero-order valence-corrected chi connectivity index (χ0v) is 24.5. The number of anilines is 1. The lowest BCUT2D eigenvalue weighted by Crippen LogP contribution is -2.37. The quantitative estimate of drug-likeness (QED) is 0.346. The number of hydrogen-bond acceptors (Lipinski definition) is 4. The molecule has 2 aliphatic rings. The Morgan fingerprint density at radius 2 is 1.44 bits per heavy atom. The highest BCUT2D eigenvalue weighted by atomic mass is 16.4. The predicted molar refractivity (Wildman–Crippen MR) is 163 cm³/mol. The van der Waals surface area contributed by atoms with E-state index in [9.17, 15) is 24.6 Å². The van der Waals surface area contributed by atoms with Gasteiger partial charge in [0.05, 0.1) is 5.56 Å². The molecule has 0 spiro atoms. The number of phenolic OH excluding ortho intramolecular Hbond substituents is 1. The van der Waals surface area contributed by atoms with Crippen molar-refractivity contribution in [3.63, 3.8) is 0 Å². The summed E-state index contributed by atoms with van der Waals surface area (Å²) in [5.74, 6) is -0.204. The van der Waals surface area contributed by atoms with Crippen LogP contribution in [0.2, 0.25) is 0 Å². The number of benzene rings is 3. The molecule has 3 heterocycles. The normalized spacial score (nSPS) is 14.2. The van der Waals surface area contributed by atoms with Crippen molar-refractivity contribution in [1.82, 2.24) is 14.4 Å². The van der Waals surface area contributed by atoms with E-state index in [1.54, 1.807) is 19.2 Å². The first-order valence-corrected chi connectivity index (χ1v) is 14.4. The monoisotopic (exact) mass is 578 g/mol. The van der Waals surface area contributed by atoms with E-state index in [2.05, 4.69) is 12.1 Å². The second kappa shape index (κ2) is 11.0. The van der Waals surface area contributed by atoms with Crippen molar-refractivity contribution in [1.29, 1.82) is 0 Å². The van der Waals surface area contributed by atoms with Gasteiger partial charge in [0.25, 0.3) is 11.8 Å². The van der Waals surface area contributed by atoms with E-state index in [-0.39, 0.29) is 24.1 Å². The molecule has 9 nitrogen and oxygen atoms in total. The van der Waals surface area contributed by atoms with E-state index in [1.165, 1.54) is 27.5 Å². The molecule has 0 fully saturated rings. The van der Waals surface area contributed by atoms with Crippen LogP contribution in [0.25, 0.3) is 11.3 Å². The molecule has 9 heteroatoms. The van der Waals surface area contributed by atoms with Crippen LogP contribution in [-0.4, -0.2) is 62.6 Å². The van der Waals surface area contributed by atoms with E-state index >= 15 is 0 Å². The molecule has 6 rings (SSSR count). The summed E-state index contributed by atoms with van der Waals surface area (Å²) < 4.78 is 1.94. The smallest absolute Gasteiger partial charge is 0.407 e. The maximum atomic E-state index is 14.3. The SMILES string of the molecule is Cc1c(C(=O)N(C)c2ccc(O)cc2)cc(-c2cc3c(cc2C(=O)N2CCc4ccccc4C2)CN(C(=O)O)CC3)n1C. The number of amides is 3. The van der Waals surface area contributed by atoms with Gasteiger partial charge in [-0.05, 0) is 84.5 Å². The summed E-state index contributed by atoms with van der Waals surface area (Å²) in [6.07, 6.45) is 0.327. The third-order valence-corrected chi connectivity index (χ3v) is 8.85. The summed E-state index contributed by atoms with van der Waals surface area (Å²) in [5, 5.41) is 19.3. The fourth-order valence-electron chi connectivity index (χ4n) is 6.15. The van der Waals surface area contributed by atoms with Crippen LogP contribution in [0.4, 0.5) is 10.5 Å². The number of carbonyl (C=O) groups excluding carboxylic acids is 2. The van der Waals surface area contributed by atoms with Gasteiger partial charge in [-0.2, -0.15) is 0 Å². The molecule has 0 saturated carbocycles. The third kappa shape index (κ3) is 5.11. The molecule has 4 aromatic rings. The number of rotatable bonds is 4. The third-order valence-electron chi connectivity index (χ3n) is 8.85. The molecule has 43 heavy (non-hydrogen) atoms. The van der Waals surface area contributed by atoms with Crippen LogP contribution >= 0.6 is 0 Å². The van der Waals surface area contributed by atoms with Crippen LogP contribution in [0.5, 0.6) is 5.75 Å². The number of aromatic nitrogens is 1. The molecular weight excluding hydrogens is 544 g/mol. The van der Waals surface area contributed by atoms with Crippen molar-refractivity contribution >= 4 is 23.6 Å². The minimum Gasteiger partial charge on any atom is -0.508 e. The Balaban J connectivity index is 1.42. The van der Waals surface area contributed by atoms with Gasteiger partial charge in [0.15, 0.2) is 0 Å². The van der Waals surface area contributed by atoms with Crippen LogP contribution in [0.1, 0.15) is 48.7 Å². The van der Waals surface area contributed by atoms with Crippen molar-refractivity contribution in [2.45, 2.75) is 32.9 Å². The number of aromatic hydroxyl groups is 1. The van der Waals surface area contributed by atoms with Crippen molar-refractivity contribution in [3.8, 4) is 17.0 Å². The first-order chi connectivity index (χ1) is 20.6. The minimum absolute atomic E-state index is 0.118. The number of phenols is 1. The van der Waals surface area contributed by atoms with E-state index < -0.39 is 6.09 Å². The van der Waals surface area contributed by atoms with Gasteiger partial charge >= 0.3 is 6.09 Å². The predicted octanol–water partition coefficient (Wildman–Crippen LogP) is 5.22. The molecule has 0 atom stereocenters. The first kappa shape index (κ1) is 28.1. The standard InChI is InChI=1S/C34H34N4O5/c1-21-28(32(40)36(3)26-8-10-27(39)11-9-26)18-31(35(21)2)29-16-23-13-15-38(34(42)43)20-25(23)17-30(29)33(41)37-14-12-22-6-4-5-7-24(22)19-37/h4-11,16-18,39H,12-15,19-20H2,1-3H3,(H,42,43). The molecule has 2 aliphatic heterocycles. The Morgan fingerprint density at radius 3 is 2.16 bits per heavy atom. The van der Waals surface area contributed by atoms with E-state index in [0.717, 1.165) is 40.1 Å². The number of carbonyl (C=O) groups is 3. The fraction of sp³-hybridized carbons (Fsp3) is 0.265. The second-order valence-corrected chi connectivity index (χ2v) is 11.3. The van der Waals surface area contributed by atoms with Crippen LogP contribution in [0, 0.1) is 6.92 Å². The van der Waals surface area contributed by atoms with Crippen LogP contribution in [0.15, 0.2) is 66.7 Å². The number of nitrogens with zero attached hydrogens (tertiary/aromatic N) is 4. The highest BCUT2D eigenvalue weighted by molar-refractivity contribution is 6.08. The second-order valence-electron chi connectivity index (χ2n) is 11.3. The number of carboxylic acid groups (broad SMARTS) is 1. The Hall–Kier alpha value is -5.05. The summed E-state index contributed by atoms with van der Waals surface area (Å²) in [6, 6.07) is 20.3. The largest absolute Gasteiger partial charge is 0.508 e. The van der Waals surface area contributed by atoms with Gasteiger partial charge in [-0.25, -0.2) is 4.79 Å². The van der Waals surface area contributed by atoms with Gasteiger partial charge in [0, 0.05) is 68.5 Å². The zero-order valence-electron chi connectivity index (χ0n) is 24.5. The number of fused-ring (bicyclic) bond motifs is 2. The van der Waals surface area contributed by atoms with E-state index in [0.29, 0.717) is 42.9 Å². The van der Waals surface area contributed by atoms with Crippen LogP contribution < -0.4 is 4.90 Å². The molecule has 0 saturated heterocycles. The van der Waals surface area contributed by atoms with Crippen LogP contribution in [-0.2, 0) is 33.0 Å². The lowest BCUT2D eigenvalue weighted by molar-refractivity contribution is 0.0735. The molecule has 1 aromatic heterocycles.